The summed E-state index contributed by atoms with van der Waals surface area (Å²) in [6.45, 7) is 3.41. The number of aryl methyl sites for hydroxylation is 2. The summed E-state index contributed by atoms with van der Waals surface area (Å²) >= 11 is 0. The summed E-state index contributed by atoms with van der Waals surface area (Å²) in [6, 6.07) is 20.8. The molecular weight excluding hydrogens is 1130 g/mol. The smallest absolute Gasteiger partial charge is 0.296 e. The Morgan fingerprint density at radius 1 is 0.449 bits per heavy atom. The van der Waals surface area contributed by atoms with Gasteiger partial charge in [0.2, 0.25) is 0 Å². The molecule has 6 N–H and O–H groups in total. The third-order valence-corrected chi connectivity index (χ3v) is 16.1. The number of phenols is 1. The molecule has 1 aromatic heterocycles. The van der Waals surface area contributed by atoms with E-state index in [-0.39, 0.29) is 77.6 Å². The predicted octanol–water partition coefficient (Wildman–Crippen LogP) is 9.70. The fraction of sp³-hybridized carbons (Fsp3) is 0.0870. The quantitative estimate of drug-likeness (QED) is 0.0435. The van der Waals surface area contributed by atoms with E-state index in [1.807, 2.05) is 0 Å². The van der Waals surface area contributed by atoms with E-state index in [9.17, 15) is 70.0 Å². The van der Waals surface area contributed by atoms with Crippen LogP contribution in [0.2, 0.25) is 0 Å². The summed E-state index contributed by atoms with van der Waals surface area (Å²) in [5.74, 6) is -0.653. The average molecular weight is 1160 g/mol. The monoisotopic (exact) mass is 1160 g/mol. The second kappa shape index (κ2) is 19.6. The molecule has 0 amide bonds. The van der Waals surface area contributed by atoms with Crippen LogP contribution in [0.15, 0.2) is 158 Å². The van der Waals surface area contributed by atoms with E-state index in [1.54, 1.807) is 26.0 Å². The highest BCUT2D eigenvalue weighted by Crippen LogP contribution is 2.45. The number of ether oxygens (including phenoxy) is 2. The number of nitrogens with zero attached hydrogens (tertiary/aromatic N) is 9. The zero-order valence-corrected chi connectivity index (χ0v) is 44.0. The topological polar surface area (TPSA) is 415 Å². The predicted molar refractivity (Wildman–Crippen MR) is 277 cm³/mol. The van der Waals surface area contributed by atoms with Crippen molar-refractivity contribution in [3.63, 3.8) is 0 Å². The van der Waals surface area contributed by atoms with Gasteiger partial charge < -0.3 is 14.6 Å². The Labute approximate surface area is 440 Å². The Balaban J connectivity index is 1.01. The molecule has 78 heavy (non-hydrogen) atoms. The molecule has 9 rings (SSSR count). The second-order valence-electron chi connectivity index (χ2n) is 16.8. The van der Waals surface area contributed by atoms with E-state index >= 15 is 0 Å². The van der Waals surface area contributed by atoms with Crippen molar-refractivity contribution in [1.82, 2.24) is 15.0 Å². The van der Waals surface area contributed by atoms with Crippen LogP contribution in [-0.4, -0.2) is 99.2 Å². The minimum Gasteiger partial charge on any atom is -0.505 e. The highest BCUT2D eigenvalue weighted by molar-refractivity contribution is 7.87. The molecule has 0 aliphatic carbocycles. The number of azo groups is 3. The zero-order valence-electron chi connectivity index (χ0n) is 40.0. The maximum absolute atomic E-state index is 12.8. The fourth-order valence-corrected chi connectivity index (χ4v) is 11.4. The highest BCUT2D eigenvalue weighted by atomic mass is 32.2. The minimum atomic E-state index is -5.15. The van der Waals surface area contributed by atoms with Gasteiger partial charge in [0.05, 0.1) is 46.8 Å². The minimum absolute atomic E-state index is 0.00254. The number of rotatable bonds is 14. The number of hydrogen-bond acceptors (Lipinski definition) is 21. The van der Waals surface area contributed by atoms with Crippen LogP contribution in [-0.2, 0) is 50.6 Å². The summed E-state index contributed by atoms with van der Waals surface area (Å²) in [4.78, 5) is -3.07. The Hall–Kier alpha value is -8.31. The molecule has 0 bridgehead atoms. The van der Waals surface area contributed by atoms with Crippen LogP contribution in [0.3, 0.4) is 0 Å². The van der Waals surface area contributed by atoms with Crippen molar-refractivity contribution < 1.29 is 79.4 Å². The maximum atomic E-state index is 12.8. The van der Waals surface area contributed by atoms with Crippen molar-refractivity contribution in [1.29, 1.82) is 0 Å². The van der Waals surface area contributed by atoms with Crippen molar-refractivity contribution in [2.24, 2.45) is 30.7 Å². The first kappa shape index (κ1) is 54.5. The van der Waals surface area contributed by atoms with Gasteiger partial charge in [-0.15, -0.1) is 25.5 Å². The first-order chi connectivity index (χ1) is 36.4. The molecule has 0 aliphatic heterocycles. The average Bonchev–Trinajstić information content (AvgIpc) is 3.91. The van der Waals surface area contributed by atoms with Crippen molar-refractivity contribution in [2.75, 3.05) is 14.2 Å². The van der Waals surface area contributed by atoms with Gasteiger partial charge in [0.1, 0.15) is 54.3 Å². The van der Waals surface area contributed by atoms with E-state index in [2.05, 4.69) is 40.9 Å². The van der Waals surface area contributed by atoms with Gasteiger partial charge in [0, 0.05) is 33.7 Å². The molecule has 0 fully saturated rings. The maximum Gasteiger partial charge on any atom is 0.296 e. The number of phenolic OH excluding ortho intramolecular Hbond substituents is 1. The molecule has 0 aliphatic rings. The molecule has 0 saturated heterocycles. The Kier molecular flexibility index (Phi) is 13.7. The third kappa shape index (κ3) is 10.7. The number of methoxy groups -OCH3 is 2. The molecule has 0 unspecified atom stereocenters. The van der Waals surface area contributed by atoms with Crippen LogP contribution in [0.1, 0.15) is 11.1 Å². The van der Waals surface area contributed by atoms with Gasteiger partial charge in [-0.25, -0.2) is 0 Å². The lowest BCUT2D eigenvalue weighted by molar-refractivity contribution is 0.405. The standard InChI is InChI=1S/C46H35N9O18S5/c1-22-12-36(23(2)11-35(22)48-47-26-6-5-24-14-28(74(57,58)59)18-42(32(24)16-26)77(66,67)68)49-50-37-20-40(73-4)38(21-39(37)72-3)51-52-45-43(78(69,70)71)15-25-13-27(7-8-30(25)46(45)56)55-53-34-10-9-31-33(44(34)54-55)17-29(75(60,61)62)19-41(31)76(63,64)65/h5-21,56H,1-4H3,(H,57,58,59)(H,60,61,62)(H,63,64,65)(H,66,67,68)(H,69,70,71). The van der Waals surface area contributed by atoms with Crippen LogP contribution in [0, 0.1) is 13.8 Å². The third-order valence-electron chi connectivity index (χ3n) is 11.8. The van der Waals surface area contributed by atoms with E-state index in [4.69, 9.17) is 9.47 Å². The Morgan fingerprint density at radius 2 is 0.974 bits per heavy atom. The molecule has 402 valence electrons. The molecule has 0 atom stereocenters. The van der Waals surface area contributed by atoms with Crippen molar-refractivity contribution >= 4 is 128 Å². The molecular formula is C46H35N9O18S5. The van der Waals surface area contributed by atoms with Crippen molar-refractivity contribution in [2.45, 2.75) is 38.3 Å². The van der Waals surface area contributed by atoms with E-state index < -0.39 is 86.5 Å². The Morgan fingerprint density at radius 3 is 1.54 bits per heavy atom. The van der Waals surface area contributed by atoms with Gasteiger partial charge in [-0.05, 0) is 115 Å². The Bertz CT molecular complexity index is 4780. The number of benzene rings is 8. The largest absolute Gasteiger partial charge is 0.505 e. The van der Waals surface area contributed by atoms with E-state index in [0.717, 1.165) is 23.0 Å². The fourth-order valence-electron chi connectivity index (χ4n) is 8.04. The number of hydrogen-bond donors (Lipinski definition) is 6. The molecule has 0 spiro atoms. The number of aromatic hydroxyl groups is 1. The molecule has 32 heteroatoms. The SMILES string of the molecule is COc1cc(N=Nc2c(S(=O)(=O)O)cc3cc(-n4nc5ccc6c(S(=O)(=O)O)cc(S(=O)(=O)O)cc6c5n4)ccc3c2O)c(OC)cc1N=Nc1cc(C)c(N=Nc2ccc3cc(S(=O)(=O)O)cc(S(=O)(=O)O)c3c2)cc1C. The van der Waals surface area contributed by atoms with E-state index in [0.29, 0.717) is 34.6 Å². The molecule has 8 aromatic carbocycles. The number of aromatic nitrogens is 3. The molecule has 0 saturated carbocycles. The van der Waals surface area contributed by atoms with Crippen LogP contribution >= 0.6 is 0 Å². The molecule has 9 aromatic rings. The van der Waals surface area contributed by atoms with Crippen molar-refractivity contribution in [3.05, 3.63) is 114 Å². The zero-order chi connectivity index (χ0) is 56.6. The summed E-state index contributed by atoms with van der Waals surface area (Å²) in [7, 11) is -22.3. The summed E-state index contributed by atoms with van der Waals surface area (Å²) in [5, 5.41) is 45.2. The van der Waals surface area contributed by atoms with Crippen LogP contribution in [0.25, 0.3) is 49.0 Å². The van der Waals surface area contributed by atoms with Crippen LogP contribution in [0.4, 0.5) is 34.1 Å². The van der Waals surface area contributed by atoms with E-state index in [1.165, 1.54) is 74.9 Å². The second-order valence-corrected chi connectivity index (χ2v) is 23.9. The molecule has 0 radical (unpaired) electrons. The number of fused-ring (bicyclic) bond motifs is 5. The van der Waals surface area contributed by atoms with Gasteiger partial charge >= 0.3 is 0 Å². The lowest BCUT2D eigenvalue weighted by atomic mass is 10.1. The van der Waals surface area contributed by atoms with Gasteiger partial charge in [0.25, 0.3) is 50.6 Å². The summed E-state index contributed by atoms with van der Waals surface area (Å²) in [5.41, 5.74) is 1.53. The van der Waals surface area contributed by atoms with Crippen LogP contribution in [0.5, 0.6) is 17.2 Å². The van der Waals surface area contributed by atoms with Crippen LogP contribution < -0.4 is 9.47 Å². The van der Waals surface area contributed by atoms with Gasteiger partial charge in [0.15, 0.2) is 5.75 Å². The van der Waals surface area contributed by atoms with Gasteiger partial charge in [-0.1, -0.05) is 12.1 Å². The van der Waals surface area contributed by atoms with Crippen molar-refractivity contribution in [3.8, 4) is 22.9 Å². The molecule has 27 nitrogen and oxygen atoms in total. The lowest BCUT2D eigenvalue weighted by Gasteiger charge is -2.11. The summed E-state index contributed by atoms with van der Waals surface area (Å²) in [6.07, 6.45) is 0. The molecule has 1 heterocycles. The first-order valence-electron chi connectivity index (χ1n) is 21.6. The van der Waals surface area contributed by atoms with Gasteiger partial charge in [-0.2, -0.15) is 62.2 Å². The summed E-state index contributed by atoms with van der Waals surface area (Å²) < 4.78 is 182. The van der Waals surface area contributed by atoms with Gasteiger partial charge in [-0.3, -0.25) is 22.8 Å². The lowest BCUT2D eigenvalue weighted by Crippen LogP contribution is -2.04. The first-order valence-corrected chi connectivity index (χ1v) is 28.8. The highest BCUT2D eigenvalue weighted by Gasteiger charge is 2.26. The normalized spacial score (nSPS) is 13.1.